The van der Waals surface area contributed by atoms with Crippen LogP contribution in [0.3, 0.4) is 0 Å². The van der Waals surface area contributed by atoms with Crippen molar-refractivity contribution in [3.8, 4) is 0 Å². The van der Waals surface area contributed by atoms with Gasteiger partial charge in [-0.2, -0.15) is 0 Å². The molecule has 0 spiro atoms. The van der Waals surface area contributed by atoms with E-state index in [2.05, 4.69) is 15.9 Å². The van der Waals surface area contributed by atoms with Crippen LogP contribution in [0.4, 0.5) is 8.78 Å². The molecule has 4 heteroatoms. The van der Waals surface area contributed by atoms with Crippen LogP contribution in [-0.2, 0) is 0 Å². The predicted octanol–water partition coefficient (Wildman–Crippen LogP) is 4.73. The van der Waals surface area contributed by atoms with Gasteiger partial charge in [-0.05, 0) is 65.0 Å². The molecule has 0 saturated carbocycles. The Balaban J connectivity index is 2.55. The summed E-state index contributed by atoms with van der Waals surface area (Å²) < 4.78 is 26.7. The van der Waals surface area contributed by atoms with E-state index < -0.39 is 17.7 Å². The third kappa shape index (κ3) is 2.63. The maximum absolute atomic E-state index is 13.6. The van der Waals surface area contributed by atoms with Crippen LogP contribution in [0, 0.1) is 32.4 Å². The van der Waals surface area contributed by atoms with Crippen LogP contribution >= 0.6 is 15.9 Å². The first kappa shape index (κ1) is 15.1. The number of hydrogen-bond donors (Lipinski definition) is 1. The third-order valence-corrected chi connectivity index (χ3v) is 4.34. The highest BCUT2D eigenvalue weighted by atomic mass is 79.9. The first-order valence-corrected chi connectivity index (χ1v) is 7.01. The molecule has 0 heterocycles. The summed E-state index contributed by atoms with van der Waals surface area (Å²) in [6.45, 7) is 5.83. The SMILES string of the molecule is Cc1cc(C)c(C(O)c2ccc(F)c(F)c2Br)cc1C. The minimum absolute atomic E-state index is 0.0392. The van der Waals surface area contributed by atoms with E-state index >= 15 is 0 Å². The second-order valence-electron chi connectivity index (χ2n) is 4.96. The lowest BCUT2D eigenvalue weighted by Gasteiger charge is -2.18. The lowest BCUT2D eigenvalue weighted by atomic mass is 9.93. The van der Waals surface area contributed by atoms with Crippen LogP contribution in [0.15, 0.2) is 28.7 Å². The molecule has 0 aromatic heterocycles. The molecule has 0 fully saturated rings. The Morgan fingerprint density at radius 3 is 2.20 bits per heavy atom. The number of rotatable bonds is 2. The number of halogens is 3. The number of aryl methyl sites for hydroxylation is 3. The van der Waals surface area contributed by atoms with Crippen molar-refractivity contribution in [1.82, 2.24) is 0 Å². The second-order valence-corrected chi connectivity index (χ2v) is 5.75. The fourth-order valence-corrected chi connectivity index (χ4v) is 2.74. The van der Waals surface area contributed by atoms with Crippen LogP contribution in [0.25, 0.3) is 0 Å². The van der Waals surface area contributed by atoms with Gasteiger partial charge in [0.1, 0.15) is 6.10 Å². The van der Waals surface area contributed by atoms with Crippen LogP contribution in [0.5, 0.6) is 0 Å². The Morgan fingerprint density at radius 2 is 1.55 bits per heavy atom. The van der Waals surface area contributed by atoms with Crippen molar-refractivity contribution in [3.63, 3.8) is 0 Å². The lowest BCUT2D eigenvalue weighted by Crippen LogP contribution is -2.06. The van der Waals surface area contributed by atoms with Gasteiger partial charge in [0, 0.05) is 5.56 Å². The van der Waals surface area contributed by atoms with Crippen LogP contribution in [-0.4, -0.2) is 5.11 Å². The first-order chi connectivity index (χ1) is 9.32. The first-order valence-electron chi connectivity index (χ1n) is 6.22. The van der Waals surface area contributed by atoms with Gasteiger partial charge in [-0.3, -0.25) is 0 Å². The summed E-state index contributed by atoms with van der Waals surface area (Å²) in [6.07, 6.45) is -1.00. The standard InChI is InChI=1S/C16H15BrF2O/c1-8-6-10(3)12(7-9(8)2)16(20)11-4-5-13(18)15(19)14(11)17/h4-7,16,20H,1-3H3. The van der Waals surface area contributed by atoms with Gasteiger partial charge in [-0.1, -0.05) is 18.2 Å². The fourth-order valence-electron chi connectivity index (χ4n) is 2.20. The summed E-state index contributed by atoms with van der Waals surface area (Å²) in [5.74, 6) is -1.92. The van der Waals surface area contributed by atoms with Crippen molar-refractivity contribution < 1.29 is 13.9 Å². The van der Waals surface area contributed by atoms with Gasteiger partial charge in [-0.15, -0.1) is 0 Å². The molecule has 1 nitrogen and oxygen atoms in total. The van der Waals surface area contributed by atoms with E-state index in [9.17, 15) is 13.9 Å². The smallest absolute Gasteiger partial charge is 0.173 e. The zero-order valence-electron chi connectivity index (χ0n) is 11.5. The number of aliphatic hydroxyl groups is 1. The van der Waals surface area contributed by atoms with Gasteiger partial charge < -0.3 is 5.11 Å². The summed E-state index contributed by atoms with van der Waals surface area (Å²) in [7, 11) is 0. The van der Waals surface area contributed by atoms with Crippen LogP contribution < -0.4 is 0 Å². The predicted molar refractivity (Wildman–Crippen MR) is 78.8 cm³/mol. The molecule has 0 radical (unpaired) electrons. The molecule has 20 heavy (non-hydrogen) atoms. The van der Waals surface area contributed by atoms with Crippen molar-refractivity contribution >= 4 is 15.9 Å². The molecule has 1 atom stereocenters. The van der Waals surface area contributed by atoms with E-state index in [0.717, 1.165) is 22.8 Å². The minimum Gasteiger partial charge on any atom is -0.384 e. The molecule has 0 saturated heterocycles. The summed E-state index contributed by atoms with van der Waals surface area (Å²) in [5.41, 5.74) is 4.10. The van der Waals surface area contributed by atoms with Gasteiger partial charge in [-0.25, -0.2) is 8.78 Å². The van der Waals surface area contributed by atoms with Crippen molar-refractivity contribution in [2.24, 2.45) is 0 Å². The summed E-state index contributed by atoms with van der Waals surface area (Å²) in [6, 6.07) is 6.27. The monoisotopic (exact) mass is 340 g/mol. The molecule has 1 unspecified atom stereocenters. The summed E-state index contributed by atoms with van der Waals surface area (Å²) in [5, 5.41) is 10.5. The lowest BCUT2D eigenvalue weighted by molar-refractivity contribution is 0.217. The van der Waals surface area contributed by atoms with Gasteiger partial charge in [0.05, 0.1) is 4.47 Å². The Hall–Kier alpha value is -1.26. The molecule has 106 valence electrons. The Labute approximate surface area is 125 Å². The second kappa shape index (κ2) is 5.62. The topological polar surface area (TPSA) is 20.2 Å². The van der Waals surface area contributed by atoms with Crippen molar-refractivity contribution in [1.29, 1.82) is 0 Å². The molecule has 2 aromatic carbocycles. The van der Waals surface area contributed by atoms with Crippen molar-refractivity contribution in [2.45, 2.75) is 26.9 Å². The molecular formula is C16H15BrF2O. The van der Waals surface area contributed by atoms with Gasteiger partial charge in [0.2, 0.25) is 0 Å². The molecule has 2 aromatic rings. The summed E-state index contributed by atoms with van der Waals surface area (Å²) >= 11 is 3.01. The van der Waals surface area contributed by atoms with E-state index in [4.69, 9.17) is 0 Å². The molecule has 1 N–H and O–H groups in total. The third-order valence-electron chi connectivity index (χ3n) is 3.54. The number of aliphatic hydroxyl groups excluding tert-OH is 1. The highest BCUT2D eigenvalue weighted by Crippen LogP contribution is 2.33. The highest BCUT2D eigenvalue weighted by Gasteiger charge is 2.20. The van der Waals surface area contributed by atoms with Crippen molar-refractivity contribution in [2.75, 3.05) is 0 Å². The summed E-state index contributed by atoms with van der Waals surface area (Å²) in [4.78, 5) is 0. The molecule has 0 aliphatic rings. The van der Waals surface area contributed by atoms with E-state index in [1.807, 2.05) is 32.9 Å². The minimum atomic E-state index is -1.00. The highest BCUT2D eigenvalue weighted by molar-refractivity contribution is 9.10. The molecule has 2 rings (SSSR count). The molecule has 0 aliphatic heterocycles. The van der Waals surface area contributed by atoms with Gasteiger partial charge in [0.15, 0.2) is 11.6 Å². The Kier molecular flexibility index (Phi) is 4.25. The van der Waals surface area contributed by atoms with E-state index in [-0.39, 0.29) is 4.47 Å². The van der Waals surface area contributed by atoms with Crippen LogP contribution in [0.1, 0.15) is 33.9 Å². The average Bonchev–Trinajstić information content (AvgIpc) is 2.40. The van der Waals surface area contributed by atoms with Gasteiger partial charge >= 0.3 is 0 Å². The fraction of sp³-hybridized carbons (Fsp3) is 0.250. The maximum atomic E-state index is 13.6. The quantitative estimate of drug-likeness (QED) is 0.783. The number of benzene rings is 2. The normalized spacial score (nSPS) is 12.6. The molecule has 0 aliphatic carbocycles. The van der Waals surface area contributed by atoms with E-state index in [1.165, 1.54) is 6.07 Å². The van der Waals surface area contributed by atoms with Crippen molar-refractivity contribution in [3.05, 3.63) is 68.2 Å². The molecule has 0 bridgehead atoms. The largest absolute Gasteiger partial charge is 0.384 e. The Bertz CT molecular complexity index is 666. The average molecular weight is 341 g/mol. The molecule has 0 amide bonds. The number of hydrogen-bond acceptors (Lipinski definition) is 1. The zero-order valence-corrected chi connectivity index (χ0v) is 13.1. The zero-order chi connectivity index (χ0) is 15.0. The van der Waals surface area contributed by atoms with E-state index in [0.29, 0.717) is 11.1 Å². The van der Waals surface area contributed by atoms with E-state index in [1.54, 1.807) is 0 Å². The maximum Gasteiger partial charge on any atom is 0.173 e. The Morgan fingerprint density at radius 1 is 0.950 bits per heavy atom. The molecular weight excluding hydrogens is 326 g/mol. The van der Waals surface area contributed by atoms with Gasteiger partial charge in [0.25, 0.3) is 0 Å². The van der Waals surface area contributed by atoms with Crippen LogP contribution in [0.2, 0.25) is 0 Å².